The van der Waals surface area contributed by atoms with E-state index in [-0.39, 0.29) is 18.0 Å². The standard InChI is InChI=1S/C29H29N5O3/c1-29(2,3)25(35)21-12-31-26-24(21)33-23(13-32-26)22-15-34(27-20(22)10-7-11-30-27)14-18-16-36-28(37-17-18)19-8-5-4-6-9-19/h4-13,15,18,28H,14,16-17H2,1-3H3,(H,31,32). The number of nitrogens with one attached hydrogen (secondary N) is 1. The Morgan fingerprint density at radius 3 is 2.62 bits per heavy atom. The lowest BCUT2D eigenvalue weighted by Gasteiger charge is -2.30. The second-order valence-corrected chi connectivity index (χ2v) is 10.6. The van der Waals surface area contributed by atoms with Gasteiger partial charge >= 0.3 is 0 Å². The Hall–Kier alpha value is -3.88. The van der Waals surface area contributed by atoms with E-state index in [2.05, 4.69) is 25.7 Å². The van der Waals surface area contributed by atoms with E-state index in [0.717, 1.165) is 22.2 Å². The maximum atomic E-state index is 13.0. The average molecular weight is 496 g/mol. The van der Waals surface area contributed by atoms with Crippen LogP contribution in [-0.2, 0) is 16.0 Å². The van der Waals surface area contributed by atoms with Gasteiger partial charge in [-0.05, 0) is 12.1 Å². The highest BCUT2D eigenvalue weighted by atomic mass is 16.7. The van der Waals surface area contributed by atoms with Gasteiger partial charge in [-0.3, -0.25) is 4.79 Å². The van der Waals surface area contributed by atoms with E-state index in [9.17, 15) is 4.79 Å². The number of rotatable bonds is 5. The molecular weight excluding hydrogens is 466 g/mol. The fraction of sp³-hybridized carbons (Fsp3) is 0.310. The summed E-state index contributed by atoms with van der Waals surface area (Å²) in [6.45, 7) is 7.61. The minimum Gasteiger partial charge on any atom is -0.348 e. The summed E-state index contributed by atoms with van der Waals surface area (Å²) >= 11 is 0. The zero-order chi connectivity index (χ0) is 25.6. The largest absolute Gasteiger partial charge is 0.348 e. The van der Waals surface area contributed by atoms with E-state index in [1.54, 1.807) is 18.6 Å². The van der Waals surface area contributed by atoms with Gasteiger partial charge in [-0.15, -0.1) is 0 Å². The van der Waals surface area contributed by atoms with Crippen molar-refractivity contribution in [3.05, 3.63) is 78.4 Å². The van der Waals surface area contributed by atoms with Crippen LogP contribution in [0.3, 0.4) is 0 Å². The van der Waals surface area contributed by atoms with Crippen molar-refractivity contribution in [1.29, 1.82) is 0 Å². The van der Waals surface area contributed by atoms with Crippen molar-refractivity contribution in [2.45, 2.75) is 33.6 Å². The zero-order valence-electron chi connectivity index (χ0n) is 21.1. The number of H-pyrrole nitrogens is 1. The lowest BCUT2D eigenvalue weighted by molar-refractivity contribution is -0.206. The first kappa shape index (κ1) is 23.5. The molecule has 8 nitrogen and oxygen atoms in total. The Morgan fingerprint density at radius 1 is 1.08 bits per heavy atom. The summed E-state index contributed by atoms with van der Waals surface area (Å²) in [6.07, 6.45) is 6.98. The summed E-state index contributed by atoms with van der Waals surface area (Å²) in [5.41, 5.74) is 4.74. The third-order valence-corrected chi connectivity index (χ3v) is 6.71. The molecule has 1 aromatic carbocycles. The fourth-order valence-electron chi connectivity index (χ4n) is 4.79. The molecule has 0 aliphatic carbocycles. The Labute approximate surface area is 214 Å². The van der Waals surface area contributed by atoms with E-state index < -0.39 is 5.41 Å². The number of ketones is 1. The molecule has 4 aromatic heterocycles. The molecule has 1 aliphatic heterocycles. The van der Waals surface area contributed by atoms with Crippen molar-refractivity contribution in [1.82, 2.24) is 24.5 Å². The number of carbonyl (C=O) groups is 1. The molecule has 188 valence electrons. The number of carbonyl (C=O) groups excluding carboxylic acids is 1. The number of ether oxygens (including phenoxy) is 2. The van der Waals surface area contributed by atoms with Crippen LogP contribution in [0.25, 0.3) is 33.5 Å². The van der Waals surface area contributed by atoms with E-state index in [1.807, 2.05) is 63.2 Å². The number of fused-ring (bicyclic) bond motifs is 2. The molecule has 8 heteroatoms. The predicted molar refractivity (Wildman–Crippen MR) is 141 cm³/mol. The van der Waals surface area contributed by atoms with Crippen molar-refractivity contribution < 1.29 is 14.3 Å². The number of aromatic nitrogens is 5. The van der Waals surface area contributed by atoms with Crippen molar-refractivity contribution in [3.8, 4) is 11.3 Å². The third-order valence-electron chi connectivity index (χ3n) is 6.71. The van der Waals surface area contributed by atoms with Crippen LogP contribution in [0.15, 0.2) is 67.3 Å². The van der Waals surface area contributed by atoms with Crippen LogP contribution in [-0.4, -0.2) is 43.5 Å². The lowest BCUT2D eigenvalue weighted by Crippen LogP contribution is -2.30. The second-order valence-electron chi connectivity index (χ2n) is 10.6. The topological polar surface area (TPSA) is 94.9 Å². The van der Waals surface area contributed by atoms with Crippen LogP contribution in [0, 0.1) is 11.3 Å². The molecule has 0 spiro atoms. The third kappa shape index (κ3) is 4.43. The van der Waals surface area contributed by atoms with Crippen LogP contribution >= 0.6 is 0 Å². The molecule has 5 aromatic rings. The van der Waals surface area contributed by atoms with Gasteiger partial charge in [0.05, 0.1) is 30.7 Å². The Bertz CT molecular complexity index is 1570. The molecule has 1 N–H and O–H groups in total. The number of hydrogen-bond donors (Lipinski definition) is 1. The maximum Gasteiger partial charge on any atom is 0.183 e. The molecule has 37 heavy (non-hydrogen) atoms. The molecule has 1 fully saturated rings. The number of hydrogen-bond acceptors (Lipinski definition) is 6. The molecule has 1 saturated heterocycles. The van der Waals surface area contributed by atoms with Gasteiger partial charge in [-0.1, -0.05) is 51.1 Å². The van der Waals surface area contributed by atoms with E-state index in [0.29, 0.717) is 42.2 Å². The molecule has 6 rings (SSSR count). The molecule has 5 heterocycles. The van der Waals surface area contributed by atoms with Crippen molar-refractivity contribution >= 4 is 28.0 Å². The Balaban J connectivity index is 1.30. The van der Waals surface area contributed by atoms with E-state index >= 15 is 0 Å². The van der Waals surface area contributed by atoms with E-state index in [4.69, 9.17) is 14.5 Å². The van der Waals surface area contributed by atoms with Gasteiger partial charge in [0, 0.05) is 53.0 Å². The summed E-state index contributed by atoms with van der Waals surface area (Å²) in [5, 5.41) is 0.982. The van der Waals surface area contributed by atoms with Crippen LogP contribution in [0.2, 0.25) is 0 Å². The van der Waals surface area contributed by atoms with Crippen molar-refractivity contribution in [2.75, 3.05) is 13.2 Å². The van der Waals surface area contributed by atoms with Crippen LogP contribution in [0.5, 0.6) is 0 Å². The zero-order valence-corrected chi connectivity index (χ0v) is 21.1. The summed E-state index contributed by atoms with van der Waals surface area (Å²) in [4.78, 5) is 30.2. The van der Waals surface area contributed by atoms with Gasteiger partial charge in [-0.25, -0.2) is 15.0 Å². The first-order valence-corrected chi connectivity index (χ1v) is 12.5. The number of pyridine rings is 1. The highest BCUT2D eigenvalue weighted by molar-refractivity contribution is 6.08. The number of nitrogens with zero attached hydrogens (tertiary/aromatic N) is 4. The van der Waals surface area contributed by atoms with Crippen LogP contribution < -0.4 is 0 Å². The molecule has 0 unspecified atom stereocenters. The van der Waals surface area contributed by atoms with Gasteiger partial charge < -0.3 is 19.0 Å². The number of aromatic amines is 1. The molecule has 0 atom stereocenters. The summed E-state index contributed by atoms with van der Waals surface area (Å²) < 4.78 is 14.2. The molecular formula is C29H29N5O3. The van der Waals surface area contributed by atoms with Gasteiger partial charge in [0.1, 0.15) is 11.2 Å². The molecule has 0 radical (unpaired) electrons. The first-order valence-electron chi connectivity index (χ1n) is 12.5. The Morgan fingerprint density at radius 2 is 1.86 bits per heavy atom. The minimum atomic E-state index is -0.517. The number of Topliss-reactive ketones (excluding diaryl/α,β-unsaturated/α-hetero) is 1. The molecule has 0 amide bonds. The molecule has 0 saturated carbocycles. The summed E-state index contributed by atoms with van der Waals surface area (Å²) in [6, 6.07) is 14.0. The van der Waals surface area contributed by atoms with Gasteiger partial charge in [0.25, 0.3) is 0 Å². The fourth-order valence-corrected chi connectivity index (χ4v) is 4.79. The lowest BCUT2D eigenvalue weighted by atomic mass is 9.87. The quantitative estimate of drug-likeness (QED) is 0.321. The predicted octanol–water partition coefficient (Wildman–Crippen LogP) is 5.57. The van der Waals surface area contributed by atoms with Crippen molar-refractivity contribution in [3.63, 3.8) is 0 Å². The van der Waals surface area contributed by atoms with Crippen LogP contribution in [0.1, 0.15) is 43.0 Å². The minimum absolute atomic E-state index is 0.0281. The highest BCUT2D eigenvalue weighted by Gasteiger charge is 2.27. The summed E-state index contributed by atoms with van der Waals surface area (Å²) in [5.74, 6) is 0.208. The SMILES string of the molecule is CC(C)(C)C(=O)c1c[nH]c2ncc(-c3cn(CC4COC(c5ccccc5)OC4)c4ncccc34)nc12. The monoisotopic (exact) mass is 495 g/mol. The Kier molecular flexibility index (Phi) is 5.85. The molecule has 0 bridgehead atoms. The summed E-state index contributed by atoms with van der Waals surface area (Å²) in [7, 11) is 0. The smallest absolute Gasteiger partial charge is 0.183 e. The highest BCUT2D eigenvalue weighted by Crippen LogP contribution is 2.32. The van der Waals surface area contributed by atoms with E-state index in [1.165, 1.54) is 0 Å². The van der Waals surface area contributed by atoms with Gasteiger partial charge in [-0.2, -0.15) is 0 Å². The second kappa shape index (κ2) is 9.21. The van der Waals surface area contributed by atoms with Crippen molar-refractivity contribution in [2.24, 2.45) is 11.3 Å². The average Bonchev–Trinajstić information content (AvgIpc) is 3.50. The van der Waals surface area contributed by atoms with Gasteiger partial charge in [0.15, 0.2) is 17.7 Å². The van der Waals surface area contributed by atoms with Crippen LogP contribution in [0.4, 0.5) is 0 Å². The van der Waals surface area contributed by atoms with Gasteiger partial charge in [0.2, 0.25) is 0 Å². The normalized spacial score (nSPS) is 18.5. The first-order chi connectivity index (χ1) is 17.9. The number of benzene rings is 1. The maximum absolute atomic E-state index is 13.0. The molecule has 1 aliphatic rings.